The molecule has 162 valence electrons. The number of hydrogen-bond acceptors (Lipinski definition) is 4. The van der Waals surface area contributed by atoms with E-state index in [0.717, 1.165) is 34.9 Å². The van der Waals surface area contributed by atoms with Gasteiger partial charge in [0.2, 0.25) is 0 Å². The minimum absolute atomic E-state index is 0.280. The van der Waals surface area contributed by atoms with Gasteiger partial charge in [-0.05, 0) is 79.4 Å². The molecule has 1 aromatic heterocycles. The first-order valence-electron chi connectivity index (χ1n) is 11.4. The van der Waals surface area contributed by atoms with Crippen LogP contribution in [0.5, 0.6) is 0 Å². The third kappa shape index (κ3) is 4.49. The van der Waals surface area contributed by atoms with Gasteiger partial charge in [-0.2, -0.15) is 0 Å². The predicted octanol–water partition coefficient (Wildman–Crippen LogP) is 5.75. The zero-order valence-electron chi connectivity index (χ0n) is 17.5. The smallest absolute Gasteiger partial charge is 0.0900 e. The molecule has 2 aromatic rings. The van der Waals surface area contributed by atoms with Crippen LogP contribution in [0.1, 0.15) is 49.0 Å². The summed E-state index contributed by atoms with van der Waals surface area (Å²) in [5.41, 5.74) is 1.26. The zero-order valence-corrected chi connectivity index (χ0v) is 19.1. The van der Waals surface area contributed by atoms with Crippen molar-refractivity contribution in [1.29, 1.82) is 0 Å². The molecule has 0 amide bonds. The summed E-state index contributed by atoms with van der Waals surface area (Å²) in [5, 5.41) is 13.8. The Hall–Kier alpha value is -0.910. The van der Waals surface area contributed by atoms with Crippen molar-refractivity contribution in [2.24, 2.45) is 17.8 Å². The highest BCUT2D eigenvalue weighted by Crippen LogP contribution is 2.58. The van der Waals surface area contributed by atoms with Gasteiger partial charge in [0.05, 0.1) is 19.3 Å². The molecule has 1 aromatic carbocycles. The number of hydrogen-bond donors (Lipinski definition) is 1. The van der Waals surface area contributed by atoms with Crippen LogP contribution in [-0.4, -0.2) is 34.8 Å². The average Bonchev–Trinajstić information content (AvgIpc) is 3.21. The Balaban J connectivity index is 1.25. The van der Waals surface area contributed by atoms with Crippen LogP contribution in [0, 0.1) is 17.8 Å². The first-order chi connectivity index (χ1) is 14.6. The molecule has 4 bridgehead atoms. The van der Waals surface area contributed by atoms with Crippen LogP contribution < -0.4 is 0 Å². The summed E-state index contributed by atoms with van der Waals surface area (Å²) >= 11 is 8.06. The summed E-state index contributed by atoms with van der Waals surface area (Å²) in [6.07, 6.45) is 7.79. The molecule has 0 unspecified atom stereocenters. The Bertz CT molecular complexity index is 804. The van der Waals surface area contributed by atoms with E-state index in [2.05, 4.69) is 22.4 Å². The van der Waals surface area contributed by atoms with Crippen molar-refractivity contribution in [3.8, 4) is 0 Å². The minimum atomic E-state index is -0.486. The van der Waals surface area contributed by atoms with Gasteiger partial charge in [0.15, 0.2) is 0 Å². The largest absolute Gasteiger partial charge is 0.389 e. The summed E-state index contributed by atoms with van der Waals surface area (Å²) in [4.78, 5) is 4.03. The van der Waals surface area contributed by atoms with Gasteiger partial charge < -0.3 is 9.84 Å². The molecule has 0 saturated heterocycles. The molecule has 4 aliphatic rings. The molecule has 4 saturated carbocycles. The Labute approximate surface area is 189 Å². The summed E-state index contributed by atoms with van der Waals surface area (Å²) < 4.78 is 5.86. The maximum Gasteiger partial charge on any atom is 0.0900 e. The third-order valence-corrected chi connectivity index (χ3v) is 8.79. The molecule has 0 radical (unpaired) electrons. The van der Waals surface area contributed by atoms with Gasteiger partial charge in [-0.25, -0.2) is 0 Å². The fourth-order valence-electron chi connectivity index (χ4n) is 6.70. The van der Waals surface area contributed by atoms with Crippen molar-refractivity contribution < 1.29 is 9.84 Å². The standard InChI is InChI=1S/C25H32ClNO2S/c26-24-6-2-1-4-21(24)16-29-17-22(28)14-27(15-23-5-3-7-30-23)25-11-18-8-19(12-25)10-20(9-18)13-25/h1-7,18-20,22,28H,8-17H2/t18?,19?,20?,22-,25?/m0/s1. The van der Waals surface area contributed by atoms with Gasteiger partial charge >= 0.3 is 0 Å². The van der Waals surface area contributed by atoms with Crippen molar-refractivity contribution in [3.05, 3.63) is 57.2 Å². The predicted molar refractivity (Wildman–Crippen MR) is 123 cm³/mol. The van der Waals surface area contributed by atoms with Gasteiger partial charge in [0.1, 0.15) is 0 Å². The molecule has 4 fully saturated rings. The Morgan fingerprint density at radius 1 is 1.07 bits per heavy atom. The van der Waals surface area contributed by atoms with E-state index in [1.807, 2.05) is 35.6 Å². The van der Waals surface area contributed by atoms with E-state index < -0.39 is 6.10 Å². The number of rotatable bonds is 9. The Morgan fingerprint density at radius 2 is 1.77 bits per heavy atom. The molecule has 0 spiro atoms. The molecule has 5 heteroatoms. The fraction of sp³-hybridized carbons (Fsp3) is 0.600. The Kier molecular flexibility index (Phi) is 6.23. The number of thiophene rings is 1. The number of aliphatic hydroxyl groups is 1. The van der Waals surface area contributed by atoms with Crippen LogP contribution in [0.15, 0.2) is 41.8 Å². The number of benzene rings is 1. The van der Waals surface area contributed by atoms with Crippen LogP contribution >= 0.6 is 22.9 Å². The Morgan fingerprint density at radius 3 is 2.40 bits per heavy atom. The van der Waals surface area contributed by atoms with Gasteiger partial charge in [0, 0.05) is 28.5 Å². The number of aliphatic hydroxyl groups excluding tert-OH is 1. The summed E-state index contributed by atoms with van der Waals surface area (Å²) in [6, 6.07) is 12.1. The molecule has 0 aliphatic heterocycles. The van der Waals surface area contributed by atoms with Crippen LogP contribution in [-0.2, 0) is 17.9 Å². The van der Waals surface area contributed by atoms with Gasteiger partial charge in [-0.3, -0.25) is 4.90 Å². The molecular formula is C25H32ClNO2S. The van der Waals surface area contributed by atoms with E-state index in [1.165, 1.54) is 43.4 Å². The zero-order chi connectivity index (χ0) is 20.6. The lowest BCUT2D eigenvalue weighted by Gasteiger charge is -2.61. The number of halogens is 1. The first kappa shape index (κ1) is 21.0. The van der Waals surface area contributed by atoms with Gasteiger partial charge in [-0.1, -0.05) is 35.9 Å². The minimum Gasteiger partial charge on any atom is -0.389 e. The van der Waals surface area contributed by atoms with Crippen molar-refractivity contribution >= 4 is 22.9 Å². The van der Waals surface area contributed by atoms with Crippen LogP contribution in [0.25, 0.3) is 0 Å². The number of nitrogens with zero attached hydrogens (tertiary/aromatic N) is 1. The molecular weight excluding hydrogens is 414 g/mol. The topological polar surface area (TPSA) is 32.7 Å². The van der Waals surface area contributed by atoms with Gasteiger partial charge in [-0.15, -0.1) is 11.3 Å². The second-order valence-corrected chi connectivity index (χ2v) is 11.3. The number of β-amino-alcohol motifs (C(OH)–C–C–N with tert-alkyl or cyclic N) is 1. The lowest BCUT2D eigenvalue weighted by atomic mass is 9.52. The van der Waals surface area contributed by atoms with Crippen LogP contribution in [0.2, 0.25) is 5.02 Å². The highest BCUT2D eigenvalue weighted by Gasteiger charge is 2.53. The normalized spacial score (nSPS) is 30.8. The molecule has 1 heterocycles. The highest BCUT2D eigenvalue weighted by molar-refractivity contribution is 7.09. The molecule has 1 atom stereocenters. The van der Waals surface area contributed by atoms with Crippen molar-refractivity contribution in [3.63, 3.8) is 0 Å². The average molecular weight is 446 g/mol. The number of ether oxygens (including phenoxy) is 1. The van der Waals surface area contributed by atoms with Gasteiger partial charge in [0.25, 0.3) is 0 Å². The quantitative estimate of drug-likeness (QED) is 0.533. The van der Waals surface area contributed by atoms with Crippen molar-refractivity contribution in [2.75, 3.05) is 13.2 Å². The third-order valence-electron chi connectivity index (χ3n) is 7.56. The van der Waals surface area contributed by atoms with Crippen molar-refractivity contribution in [1.82, 2.24) is 4.90 Å². The molecule has 6 rings (SSSR count). The van der Waals surface area contributed by atoms with E-state index in [4.69, 9.17) is 16.3 Å². The van der Waals surface area contributed by atoms with E-state index in [-0.39, 0.29) is 5.54 Å². The van der Waals surface area contributed by atoms with E-state index in [1.54, 1.807) is 0 Å². The highest BCUT2D eigenvalue weighted by atomic mass is 35.5. The van der Waals surface area contributed by atoms with Crippen LogP contribution in [0.4, 0.5) is 0 Å². The summed E-state index contributed by atoms with van der Waals surface area (Å²) in [6.45, 7) is 2.43. The van der Waals surface area contributed by atoms with Crippen LogP contribution in [0.3, 0.4) is 0 Å². The molecule has 1 N–H and O–H groups in total. The summed E-state index contributed by atoms with van der Waals surface area (Å²) in [7, 11) is 0. The fourth-order valence-corrected chi connectivity index (χ4v) is 7.61. The monoisotopic (exact) mass is 445 g/mol. The maximum atomic E-state index is 10.9. The van der Waals surface area contributed by atoms with Crippen molar-refractivity contribution in [2.45, 2.75) is 63.3 Å². The summed E-state index contributed by atoms with van der Waals surface area (Å²) in [5.74, 6) is 2.70. The van der Waals surface area contributed by atoms with E-state index in [9.17, 15) is 5.11 Å². The molecule has 4 aliphatic carbocycles. The SMILES string of the molecule is O[C@H](COCc1ccccc1Cl)CN(Cc1cccs1)C12CC3CC(CC(C3)C1)C2. The molecule has 30 heavy (non-hydrogen) atoms. The second-order valence-electron chi connectivity index (χ2n) is 9.86. The lowest BCUT2D eigenvalue weighted by Crippen LogP contribution is -2.61. The van der Waals surface area contributed by atoms with E-state index in [0.29, 0.717) is 19.8 Å². The lowest BCUT2D eigenvalue weighted by molar-refractivity contribution is -0.108. The molecule has 3 nitrogen and oxygen atoms in total. The second kappa shape index (κ2) is 8.91. The van der Waals surface area contributed by atoms with E-state index >= 15 is 0 Å². The maximum absolute atomic E-state index is 10.9. The first-order valence-corrected chi connectivity index (χ1v) is 12.6.